The highest BCUT2D eigenvalue weighted by Crippen LogP contribution is 2.21. The zero-order valence-electron chi connectivity index (χ0n) is 13.3. The minimum Gasteiger partial charge on any atom is -0.399 e. The Morgan fingerprint density at radius 1 is 1.05 bits per heavy atom. The molecular weight excluding hydrogens is 270 g/mol. The van der Waals surface area contributed by atoms with E-state index < -0.39 is 0 Å². The lowest BCUT2D eigenvalue weighted by atomic mass is 10.1. The van der Waals surface area contributed by atoms with E-state index in [1.807, 2.05) is 12.1 Å². The fraction of sp³-hybridized carbons (Fsp3) is 0.316. The summed E-state index contributed by atoms with van der Waals surface area (Å²) in [5.41, 5.74) is 11.5. The van der Waals surface area contributed by atoms with Gasteiger partial charge in [0, 0.05) is 18.7 Å². The molecule has 2 N–H and O–H groups in total. The normalized spacial score (nSPS) is 11.2. The highest BCUT2D eigenvalue weighted by Gasteiger charge is 2.10. The van der Waals surface area contributed by atoms with E-state index in [1.165, 1.54) is 16.6 Å². The molecule has 0 spiro atoms. The van der Waals surface area contributed by atoms with Crippen molar-refractivity contribution in [2.24, 2.45) is 0 Å². The van der Waals surface area contributed by atoms with Gasteiger partial charge in [-0.3, -0.25) is 0 Å². The first-order valence-corrected chi connectivity index (χ1v) is 7.97. The third-order valence-electron chi connectivity index (χ3n) is 4.06. The fourth-order valence-electron chi connectivity index (χ4n) is 2.87. The fourth-order valence-corrected chi connectivity index (χ4v) is 2.87. The van der Waals surface area contributed by atoms with Crippen LogP contribution < -0.4 is 5.73 Å². The van der Waals surface area contributed by atoms with Crippen LogP contribution in [0.5, 0.6) is 0 Å². The number of nitrogens with two attached hydrogens (primary N) is 1. The summed E-state index contributed by atoms with van der Waals surface area (Å²) in [7, 11) is 0. The van der Waals surface area contributed by atoms with Gasteiger partial charge in [0.25, 0.3) is 0 Å². The third kappa shape index (κ3) is 2.98. The quantitative estimate of drug-likeness (QED) is 0.719. The maximum absolute atomic E-state index is 5.89. The third-order valence-corrected chi connectivity index (χ3v) is 4.06. The summed E-state index contributed by atoms with van der Waals surface area (Å²) < 4.78 is 2.34. The van der Waals surface area contributed by atoms with E-state index in [1.54, 1.807) is 0 Å². The predicted octanol–water partition coefficient (Wildman–Crippen LogP) is 4.12. The summed E-state index contributed by atoms with van der Waals surface area (Å²) in [6, 6.07) is 14.8. The molecule has 0 saturated carbocycles. The van der Waals surface area contributed by atoms with Gasteiger partial charge in [0.15, 0.2) is 0 Å². The van der Waals surface area contributed by atoms with Crippen LogP contribution in [-0.2, 0) is 19.4 Å². The average molecular weight is 293 g/mol. The molecule has 0 amide bonds. The number of nitrogens with zero attached hydrogens (tertiary/aromatic N) is 2. The zero-order chi connectivity index (χ0) is 15.5. The second-order valence-corrected chi connectivity index (χ2v) is 5.91. The van der Waals surface area contributed by atoms with Crippen molar-refractivity contribution in [1.29, 1.82) is 0 Å². The van der Waals surface area contributed by atoms with Gasteiger partial charge in [-0.1, -0.05) is 36.8 Å². The Kier molecular flexibility index (Phi) is 4.14. The van der Waals surface area contributed by atoms with Gasteiger partial charge in [0.05, 0.1) is 11.0 Å². The molecule has 0 aliphatic rings. The molecule has 0 bridgehead atoms. The van der Waals surface area contributed by atoms with E-state index in [0.29, 0.717) is 0 Å². The maximum atomic E-state index is 5.89. The Hall–Kier alpha value is -2.29. The first kappa shape index (κ1) is 14.6. The van der Waals surface area contributed by atoms with Crippen molar-refractivity contribution in [1.82, 2.24) is 9.55 Å². The predicted molar refractivity (Wildman–Crippen MR) is 93.0 cm³/mol. The Labute approximate surface area is 131 Å². The first-order chi connectivity index (χ1) is 10.7. The van der Waals surface area contributed by atoms with Crippen molar-refractivity contribution < 1.29 is 0 Å². The Balaban J connectivity index is 1.88. The number of rotatable bonds is 5. The van der Waals surface area contributed by atoms with Gasteiger partial charge in [0.1, 0.15) is 5.82 Å². The number of hydrogen-bond acceptors (Lipinski definition) is 2. The largest absolute Gasteiger partial charge is 0.399 e. The highest BCUT2D eigenvalue weighted by molar-refractivity contribution is 5.79. The van der Waals surface area contributed by atoms with E-state index in [4.69, 9.17) is 10.7 Å². The molecule has 2 aromatic carbocycles. The Morgan fingerprint density at radius 2 is 1.82 bits per heavy atom. The highest BCUT2D eigenvalue weighted by atomic mass is 15.1. The van der Waals surface area contributed by atoms with Crippen LogP contribution in [0.15, 0.2) is 42.5 Å². The molecule has 0 fully saturated rings. The SMILES string of the molecule is CCCn1c(CCc2ccc(C)cc2)nc2cc(N)ccc21. The molecule has 0 aliphatic carbocycles. The molecule has 0 radical (unpaired) electrons. The molecule has 3 nitrogen and oxygen atoms in total. The first-order valence-electron chi connectivity index (χ1n) is 7.97. The summed E-state index contributed by atoms with van der Waals surface area (Å²) in [5, 5.41) is 0. The molecule has 3 rings (SSSR count). The molecule has 0 aliphatic heterocycles. The van der Waals surface area contributed by atoms with Crippen LogP contribution in [0.1, 0.15) is 30.3 Å². The Bertz CT molecular complexity index is 769. The standard InChI is InChI=1S/C19H23N3/c1-3-12-22-18-10-9-16(20)13-17(18)21-19(22)11-8-15-6-4-14(2)5-7-15/h4-7,9-10,13H,3,8,11-12,20H2,1-2H3. The molecular formula is C19H23N3. The van der Waals surface area contributed by atoms with Crippen LogP contribution in [-0.4, -0.2) is 9.55 Å². The lowest BCUT2D eigenvalue weighted by Gasteiger charge is -2.08. The second kappa shape index (κ2) is 6.22. The van der Waals surface area contributed by atoms with E-state index in [9.17, 15) is 0 Å². The number of aryl methyl sites for hydroxylation is 4. The van der Waals surface area contributed by atoms with Gasteiger partial charge in [-0.05, 0) is 43.5 Å². The molecule has 22 heavy (non-hydrogen) atoms. The van der Waals surface area contributed by atoms with Gasteiger partial charge in [0.2, 0.25) is 0 Å². The summed E-state index contributed by atoms with van der Waals surface area (Å²) in [6.45, 7) is 5.32. The summed E-state index contributed by atoms with van der Waals surface area (Å²) in [5.74, 6) is 1.16. The molecule has 0 atom stereocenters. The number of fused-ring (bicyclic) bond motifs is 1. The number of anilines is 1. The van der Waals surface area contributed by atoms with Crippen molar-refractivity contribution in [3.8, 4) is 0 Å². The van der Waals surface area contributed by atoms with Gasteiger partial charge in [-0.25, -0.2) is 4.98 Å². The number of imidazole rings is 1. The van der Waals surface area contributed by atoms with Crippen molar-refractivity contribution in [2.45, 2.75) is 39.7 Å². The van der Waals surface area contributed by atoms with Gasteiger partial charge >= 0.3 is 0 Å². The van der Waals surface area contributed by atoms with Crippen LogP contribution in [0.25, 0.3) is 11.0 Å². The lowest BCUT2D eigenvalue weighted by Crippen LogP contribution is -2.05. The van der Waals surface area contributed by atoms with Gasteiger partial charge in [-0.15, -0.1) is 0 Å². The van der Waals surface area contributed by atoms with Crippen LogP contribution in [0.4, 0.5) is 5.69 Å². The van der Waals surface area contributed by atoms with Crippen molar-refractivity contribution in [3.63, 3.8) is 0 Å². The van der Waals surface area contributed by atoms with Gasteiger partial charge < -0.3 is 10.3 Å². The minimum absolute atomic E-state index is 0.777. The monoisotopic (exact) mass is 293 g/mol. The number of nitrogen functional groups attached to an aromatic ring is 1. The van der Waals surface area contributed by atoms with Crippen molar-refractivity contribution >= 4 is 16.7 Å². The summed E-state index contributed by atoms with van der Waals surface area (Å²) in [6.07, 6.45) is 3.08. The maximum Gasteiger partial charge on any atom is 0.110 e. The zero-order valence-corrected chi connectivity index (χ0v) is 13.3. The second-order valence-electron chi connectivity index (χ2n) is 5.91. The van der Waals surface area contributed by atoms with Gasteiger partial charge in [-0.2, -0.15) is 0 Å². The number of hydrogen-bond donors (Lipinski definition) is 1. The molecule has 3 heteroatoms. The summed E-state index contributed by atoms with van der Waals surface area (Å²) in [4.78, 5) is 4.81. The molecule has 114 valence electrons. The summed E-state index contributed by atoms with van der Waals surface area (Å²) >= 11 is 0. The Morgan fingerprint density at radius 3 is 2.55 bits per heavy atom. The van der Waals surface area contributed by atoms with Crippen molar-refractivity contribution in [2.75, 3.05) is 5.73 Å². The van der Waals surface area contributed by atoms with Crippen molar-refractivity contribution in [3.05, 3.63) is 59.4 Å². The van der Waals surface area contributed by atoms with E-state index in [2.05, 4.69) is 48.7 Å². The van der Waals surface area contributed by atoms with E-state index >= 15 is 0 Å². The lowest BCUT2D eigenvalue weighted by molar-refractivity contribution is 0.650. The molecule has 3 aromatic rings. The van der Waals surface area contributed by atoms with E-state index in [-0.39, 0.29) is 0 Å². The van der Waals surface area contributed by atoms with Crippen LogP contribution in [0.2, 0.25) is 0 Å². The number of benzene rings is 2. The van der Waals surface area contributed by atoms with Crippen LogP contribution in [0, 0.1) is 6.92 Å². The molecule has 0 saturated heterocycles. The molecule has 1 heterocycles. The van der Waals surface area contributed by atoms with Crippen LogP contribution in [0.3, 0.4) is 0 Å². The van der Waals surface area contributed by atoms with E-state index in [0.717, 1.165) is 42.8 Å². The topological polar surface area (TPSA) is 43.8 Å². The average Bonchev–Trinajstić information content (AvgIpc) is 2.84. The molecule has 0 unspecified atom stereocenters. The molecule has 1 aromatic heterocycles. The number of aromatic nitrogens is 2. The smallest absolute Gasteiger partial charge is 0.110 e. The minimum atomic E-state index is 0.777. The van der Waals surface area contributed by atoms with Crippen LogP contribution >= 0.6 is 0 Å².